The van der Waals surface area contributed by atoms with Crippen molar-refractivity contribution >= 4 is 34.5 Å². The van der Waals surface area contributed by atoms with Crippen LogP contribution in [0, 0.1) is 10.5 Å². The summed E-state index contributed by atoms with van der Waals surface area (Å²) in [7, 11) is 1.29. The Morgan fingerprint density at radius 3 is 2.72 bits per heavy atom. The average molecular weight is 363 g/mol. The lowest BCUT2D eigenvalue weighted by molar-refractivity contribution is -0.148. The quantitative estimate of drug-likeness (QED) is 0.777. The number of carbonyl (C=O) groups excluding carboxylic acids is 1. The third-order valence-corrected chi connectivity index (χ3v) is 3.32. The molecule has 1 amide bonds. The van der Waals surface area contributed by atoms with Gasteiger partial charge in [-0.15, -0.1) is 0 Å². The van der Waals surface area contributed by atoms with Crippen molar-refractivity contribution in [2.75, 3.05) is 13.7 Å². The monoisotopic (exact) mass is 363 g/mol. The van der Waals surface area contributed by atoms with Gasteiger partial charge in [-0.1, -0.05) is 11.6 Å². The summed E-state index contributed by atoms with van der Waals surface area (Å²) < 4.78 is 5.56. The van der Waals surface area contributed by atoms with Gasteiger partial charge in [-0.25, -0.2) is 4.79 Å². The number of methoxy groups -OCH3 is 1. The Kier molecular flexibility index (Phi) is 5.54. The fourth-order valence-electron chi connectivity index (χ4n) is 1.37. The van der Waals surface area contributed by atoms with Crippen LogP contribution in [0.4, 0.5) is 0 Å². The second-order valence-corrected chi connectivity index (χ2v) is 4.92. The van der Waals surface area contributed by atoms with E-state index in [0.29, 0.717) is 5.56 Å². The number of benzene rings is 1. The smallest absolute Gasteiger partial charge is 0.334 e. The van der Waals surface area contributed by atoms with E-state index in [1.54, 1.807) is 6.07 Å². The molecule has 0 aliphatic heterocycles. The maximum atomic E-state index is 11.9. The summed E-state index contributed by atoms with van der Waals surface area (Å²) >= 11 is 2.06. The molecule has 0 bridgehead atoms. The lowest BCUT2D eigenvalue weighted by atomic mass is 10.1. The molecular weight excluding hydrogens is 349 g/mol. The highest BCUT2D eigenvalue weighted by atomic mass is 127. The molecule has 1 atom stereocenters. The topological polar surface area (TPSA) is 75.6 Å². The third kappa shape index (κ3) is 3.95. The number of aliphatic carboxylic acids is 1. The van der Waals surface area contributed by atoms with Crippen molar-refractivity contribution in [2.45, 2.75) is 13.0 Å². The normalized spacial score (nSPS) is 11.9. The first-order valence-electron chi connectivity index (χ1n) is 5.25. The zero-order valence-electron chi connectivity index (χ0n) is 10.1. The van der Waals surface area contributed by atoms with Crippen LogP contribution in [-0.2, 0) is 9.53 Å². The average Bonchev–Trinajstić information content (AvgIpc) is 2.32. The first kappa shape index (κ1) is 14.9. The van der Waals surface area contributed by atoms with Crippen LogP contribution in [0.3, 0.4) is 0 Å². The van der Waals surface area contributed by atoms with Crippen molar-refractivity contribution in [1.82, 2.24) is 5.32 Å². The van der Waals surface area contributed by atoms with E-state index in [4.69, 9.17) is 9.84 Å². The molecule has 0 saturated heterocycles. The molecular formula is C12H14INO4. The van der Waals surface area contributed by atoms with E-state index < -0.39 is 12.1 Å². The summed E-state index contributed by atoms with van der Waals surface area (Å²) in [6.07, 6.45) is -1.03. The van der Waals surface area contributed by atoms with E-state index >= 15 is 0 Å². The zero-order valence-corrected chi connectivity index (χ0v) is 12.2. The Bertz CT molecular complexity index is 461. The number of aryl methyl sites for hydroxylation is 1. The van der Waals surface area contributed by atoms with Gasteiger partial charge in [0.05, 0.1) is 12.1 Å². The van der Waals surface area contributed by atoms with Gasteiger partial charge in [0.1, 0.15) is 0 Å². The number of hydrogen-bond donors (Lipinski definition) is 2. The molecule has 18 heavy (non-hydrogen) atoms. The Hall–Kier alpha value is -1.15. The minimum atomic E-state index is -1.10. The van der Waals surface area contributed by atoms with E-state index in [1.807, 2.05) is 19.1 Å². The second kappa shape index (κ2) is 6.69. The van der Waals surface area contributed by atoms with E-state index in [-0.39, 0.29) is 12.5 Å². The molecule has 0 aliphatic carbocycles. The summed E-state index contributed by atoms with van der Waals surface area (Å²) in [5, 5.41) is 11.3. The summed E-state index contributed by atoms with van der Waals surface area (Å²) in [4.78, 5) is 22.6. The number of hydrogen-bond acceptors (Lipinski definition) is 3. The highest BCUT2D eigenvalue weighted by Gasteiger charge is 2.18. The van der Waals surface area contributed by atoms with Gasteiger partial charge in [-0.05, 0) is 41.6 Å². The van der Waals surface area contributed by atoms with Crippen LogP contribution in [0.2, 0.25) is 0 Å². The van der Waals surface area contributed by atoms with Crippen LogP contribution < -0.4 is 5.32 Å². The van der Waals surface area contributed by atoms with Crippen molar-refractivity contribution in [3.05, 3.63) is 32.9 Å². The molecule has 1 unspecified atom stereocenters. The fraction of sp³-hybridized carbons (Fsp3) is 0.333. The first-order valence-corrected chi connectivity index (χ1v) is 6.33. The molecule has 0 saturated carbocycles. The van der Waals surface area contributed by atoms with Gasteiger partial charge in [0, 0.05) is 10.7 Å². The zero-order chi connectivity index (χ0) is 13.7. The molecule has 6 heteroatoms. The predicted molar refractivity (Wildman–Crippen MR) is 74.7 cm³/mol. The number of nitrogens with one attached hydrogen (secondary N) is 1. The summed E-state index contributed by atoms with van der Waals surface area (Å²) in [6, 6.07) is 5.52. The Labute approximate surface area is 119 Å². The number of carboxylic acid groups (broad SMARTS) is 1. The van der Waals surface area contributed by atoms with Gasteiger partial charge in [-0.3, -0.25) is 4.79 Å². The van der Waals surface area contributed by atoms with Crippen LogP contribution in [0.5, 0.6) is 0 Å². The summed E-state index contributed by atoms with van der Waals surface area (Å²) in [5.74, 6) is -1.40. The SMILES string of the molecule is COC(CNC(=O)c1cc(C)ccc1I)C(=O)O. The molecule has 98 valence electrons. The first-order chi connectivity index (χ1) is 8.45. The van der Waals surface area contributed by atoms with Crippen LogP contribution >= 0.6 is 22.6 Å². The third-order valence-electron chi connectivity index (χ3n) is 2.37. The number of rotatable bonds is 5. The molecule has 0 aromatic heterocycles. The maximum absolute atomic E-state index is 11.9. The van der Waals surface area contributed by atoms with Gasteiger partial charge in [-0.2, -0.15) is 0 Å². The summed E-state index contributed by atoms with van der Waals surface area (Å²) in [5.41, 5.74) is 1.51. The van der Waals surface area contributed by atoms with Gasteiger partial charge in [0.2, 0.25) is 0 Å². The number of halogens is 1. The van der Waals surface area contributed by atoms with Crippen LogP contribution in [0.1, 0.15) is 15.9 Å². The lowest BCUT2D eigenvalue weighted by Crippen LogP contribution is -2.38. The van der Waals surface area contributed by atoms with Gasteiger partial charge >= 0.3 is 5.97 Å². The van der Waals surface area contributed by atoms with Crippen molar-refractivity contribution in [1.29, 1.82) is 0 Å². The maximum Gasteiger partial charge on any atom is 0.334 e. The van der Waals surface area contributed by atoms with E-state index in [9.17, 15) is 9.59 Å². The molecule has 2 N–H and O–H groups in total. The predicted octanol–water partition coefficient (Wildman–Crippen LogP) is 1.43. The molecule has 0 radical (unpaired) electrons. The Balaban J connectivity index is 2.71. The standard InChI is InChI=1S/C12H14INO4/c1-7-3-4-9(13)8(5-7)11(15)14-6-10(18-2)12(16)17/h3-5,10H,6H2,1-2H3,(H,14,15)(H,16,17). The van der Waals surface area contributed by atoms with Crippen LogP contribution in [0.25, 0.3) is 0 Å². The molecule has 1 aromatic rings. The highest BCUT2D eigenvalue weighted by molar-refractivity contribution is 14.1. The summed E-state index contributed by atoms with van der Waals surface area (Å²) in [6.45, 7) is 1.83. The number of carboxylic acids is 1. The number of ether oxygens (including phenoxy) is 1. The van der Waals surface area contributed by atoms with Crippen LogP contribution in [-0.4, -0.2) is 36.7 Å². The van der Waals surface area contributed by atoms with E-state index in [0.717, 1.165) is 9.13 Å². The number of amides is 1. The Morgan fingerprint density at radius 2 is 2.17 bits per heavy atom. The minimum absolute atomic E-state index is 0.0608. The van der Waals surface area contributed by atoms with Crippen molar-refractivity contribution in [3.8, 4) is 0 Å². The lowest BCUT2D eigenvalue weighted by Gasteiger charge is -2.12. The minimum Gasteiger partial charge on any atom is -0.479 e. The van der Waals surface area contributed by atoms with Crippen LogP contribution in [0.15, 0.2) is 18.2 Å². The number of carbonyl (C=O) groups is 2. The van der Waals surface area contributed by atoms with E-state index in [1.165, 1.54) is 7.11 Å². The molecule has 5 nitrogen and oxygen atoms in total. The van der Waals surface area contributed by atoms with Gasteiger partial charge in [0.15, 0.2) is 6.10 Å². The Morgan fingerprint density at radius 1 is 1.50 bits per heavy atom. The van der Waals surface area contributed by atoms with Gasteiger partial charge < -0.3 is 15.2 Å². The van der Waals surface area contributed by atoms with E-state index in [2.05, 4.69) is 27.9 Å². The molecule has 0 fully saturated rings. The molecule has 0 spiro atoms. The fourth-order valence-corrected chi connectivity index (χ4v) is 1.95. The largest absolute Gasteiger partial charge is 0.479 e. The molecule has 0 aliphatic rings. The van der Waals surface area contributed by atoms with Gasteiger partial charge in [0.25, 0.3) is 5.91 Å². The second-order valence-electron chi connectivity index (χ2n) is 3.76. The van der Waals surface area contributed by atoms with Crippen molar-refractivity contribution in [2.24, 2.45) is 0 Å². The van der Waals surface area contributed by atoms with Crippen molar-refractivity contribution in [3.63, 3.8) is 0 Å². The molecule has 1 aromatic carbocycles. The molecule has 1 rings (SSSR count). The highest BCUT2D eigenvalue weighted by Crippen LogP contribution is 2.14. The van der Waals surface area contributed by atoms with Crippen molar-refractivity contribution < 1.29 is 19.4 Å². The molecule has 0 heterocycles.